The third-order valence-corrected chi connectivity index (χ3v) is 1.18. The summed E-state index contributed by atoms with van der Waals surface area (Å²) in [7, 11) is 0. The number of rotatable bonds is 0. The monoisotopic (exact) mass is 144 g/mol. The molecule has 0 fully saturated rings. The van der Waals surface area contributed by atoms with Crippen LogP contribution in [0.4, 0.5) is 0 Å². The van der Waals surface area contributed by atoms with E-state index in [2.05, 4.69) is 10.3 Å². The molecule has 0 aliphatic carbocycles. The van der Waals surface area contributed by atoms with Crippen molar-refractivity contribution in [3.8, 4) is 0 Å². The molecule has 0 aromatic rings. The molecule has 0 aromatic carbocycles. The molecule has 0 saturated carbocycles. The van der Waals surface area contributed by atoms with Crippen LogP contribution in [0.25, 0.3) is 0 Å². The van der Waals surface area contributed by atoms with Crippen LogP contribution in [0.1, 0.15) is 6.92 Å². The molecule has 5 heteroatoms. The van der Waals surface area contributed by atoms with E-state index in [4.69, 9.17) is 10.2 Å². The molecular formula is C5H8N2O3. The van der Waals surface area contributed by atoms with Crippen LogP contribution >= 0.6 is 0 Å². The van der Waals surface area contributed by atoms with Gasteiger partial charge in [0.2, 0.25) is 0 Å². The van der Waals surface area contributed by atoms with Gasteiger partial charge in [0.05, 0.1) is 0 Å². The molecular weight excluding hydrogens is 136 g/mol. The highest BCUT2D eigenvalue weighted by Crippen LogP contribution is 2.00. The Morgan fingerprint density at radius 2 is 2.20 bits per heavy atom. The summed E-state index contributed by atoms with van der Waals surface area (Å²) < 4.78 is 0. The Balaban J connectivity index is 2.79. The molecule has 0 aromatic heterocycles. The summed E-state index contributed by atoms with van der Waals surface area (Å²) in [5.74, 6) is -0.289. The third-order valence-electron chi connectivity index (χ3n) is 1.18. The largest absolute Gasteiger partial charge is 0.379 e. The van der Waals surface area contributed by atoms with Gasteiger partial charge in [-0.3, -0.25) is 4.79 Å². The predicted molar refractivity (Wildman–Crippen MR) is 33.3 cm³/mol. The van der Waals surface area contributed by atoms with Gasteiger partial charge in [0, 0.05) is 0 Å². The van der Waals surface area contributed by atoms with Crippen LogP contribution in [0.2, 0.25) is 0 Å². The van der Waals surface area contributed by atoms with Crippen molar-refractivity contribution in [2.45, 2.75) is 19.3 Å². The zero-order valence-electron chi connectivity index (χ0n) is 5.40. The van der Waals surface area contributed by atoms with Crippen LogP contribution < -0.4 is 5.32 Å². The lowest BCUT2D eigenvalue weighted by Gasteiger charge is -2.19. The first-order chi connectivity index (χ1) is 4.61. The third kappa shape index (κ3) is 1.14. The number of amides is 1. The van der Waals surface area contributed by atoms with E-state index in [-0.39, 0.29) is 0 Å². The maximum absolute atomic E-state index is 10.6. The number of aliphatic imine (C=N–C) groups is 1. The van der Waals surface area contributed by atoms with Crippen LogP contribution in [0.5, 0.6) is 0 Å². The molecule has 10 heavy (non-hydrogen) atoms. The smallest absolute Gasteiger partial charge is 0.258 e. The first kappa shape index (κ1) is 7.17. The molecule has 5 nitrogen and oxygen atoms in total. The maximum Gasteiger partial charge on any atom is 0.258 e. The molecule has 1 heterocycles. The van der Waals surface area contributed by atoms with Crippen LogP contribution in [0.3, 0.4) is 0 Å². The second kappa shape index (κ2) is 2.36. The summed E-state index contributed by atoms with van der Waals surface area (Å²) >= 11 is 0. The SMILES string of the molecule is CC1=NC(O)C(O)C(=O)N1. The first-order valence-electron chi connectivity index (χ1n) is 2.82. The molecule has 3 N–H and O–H groups in total. The van der Waals surface area contributed by atoms with E-state index in [1.807, 2.05) is 0 Å². The molecule has 1 aliphatic heterocycles. The second-order valence-electron chi connectivity index (χ2n) is 2.06. The van der Waals surface area contributed by atoms with Gasteiger partial charge in [-0.2, -0.15) is 0 Å². The number of aliphatic hydroxyl groups excluding tert-OH is 2. The van der Waals surface area contributed by atoms with Gasteiger partial charge in [0.15, 0.2) is 12.3 Å². The van der Waals surface area contributed by atoms with Gasteiger partial charge in [-0.15, -0.1) is 0 Å². The zero-order valence-corrected chi connectivity index (χ0v) is 5.40. The number of carbonyl (C=O) groups is 1. The Morgan fingerprint density at radius 3 is 2.70 bits per heavy atom. The van der Waals surface area contributed by atoms with E-state index in [1.54, 1.807) is 0 Å². The van der Waals surface area contributed by atoms with Crippen molar-refractivity contribution < 1.29 is 15.0 Å². The molecule has 1 rings (SSSR count). The molecule has 2 atom stereocenters. The van der Waals surface area contributed by atoms with Crippen molar-refractivity contribution in [2.24, 2.45) is 4.99 Å². The highest BCUT2D eigenvalue weighted by atomic mass is 16.3. The number of nitrogens with zero attached hydrogens (tertiary/aromatic N) is 1. The van der Waals surface area contributed by atoms with Crippen LogP contribution in [-0.2, 0) is 4.79 Å². The van der Waals surface area contributed by atoms with E-state index in [1.165, 1.54) is 6.92 Å². The fourth-order valence-corrected chi connectivity index (χ4v) is 0.689. The van der Waals surface area contributed by atoms with Crippen LogP contribution in [-0.4, -0.2) is 34.3 Å². The van der Waals surface area contributed by atoms with E-state index in [0.29, 0.717) is 5.84 Å². The Kier molecular flexibility index (Phi) is 1.69. The minimum absolute atomic E-state index is 0.322. The standard InChI is InChI=1S/C5H8N2O3/c1-2-6-4(9)3(8)5(10)7-2/h3-4,8-9H,1H3,(H,6,7,10). The lowest BCUT2D eigenvalue weighted by atomic mass is 10.2. The van der Waals surface area contributed by atoms with Crippen molar-refractivity contribution in [3.63, 3.8) is 0 Å². The number of hydrogen-bond acceptors (Lipinski definition) is 4. The zero-order chi connectivity index (χ0) is 7.72. The van der Waals surface area contributed by atoms with Crippen molar-refractivity contribution in [1.29, 1.82) is 0 Å². The van der Waals surface area contributed by atoms with Gasteiger partial charge in [0.1, 0.15) is 5.84 Å². The van der Waals surface area contributed by atoms with Gasteiger partial charge in [0.25, 0.3) is 5.91 Å². The van der Waals surface area contributed by atoms with E-state index in [0.717, 1.165) is 0 Å². The Hall–Kier alpha value is -0.940. The van der Waals surface area contributed by atoms with Crippen molar-refractivity contribution in [2.75, 3.05) is 0 Å². The number of amidine groups is 1. The number of nitrogens with one attached hydrogen (secondary N) is 1. The molecule has 0 spiro atoms. The summed E-state index contributed by atoms with van der Waals surface area (Å²) in [5, 5.41) is 19.9. The number of aliphatic hydroxyl groups is 2. The lowest BCUT2D eigenvalue weighted by Crippen LogP contribution is -2.48. The Morgan fingerprint density at radius 1 is 1.60 bits per heavy atom. The minimum atomic E-state index is -1.43. The summed E-state index contributed by atoms with van der Waals surface area (Å²) in [6.45, 7) is 1.53. The van der Waals surface area contributed by atoms with E-state index in [9.17, 15) is 4.79 Å². The maximum atomic E-state index is 10.6. The molecule has 2 unspecified atom stereocenters. The quantitative estimate of drug-likeness (QED) is 0.375. The van der Waals surface area contributed by atoms with Gasteiger partial charge >= 0.3 is 0 Å². The number of carbonyl (C=O) groups excluding carboxylic acids is 1. The van der Waals surface area contributed by atoms with Gasteiger partial charge in [-0.1, -0.05) is 0 Å². The number of hydrogen-bond donors (Lipinski definition) is 3. The summed E-state index contributed by atoms with van der Waals surface area (Å²) in [5.41, 5.74) is 0. The van der Waals surface area contributed by atoms with Gasteiger partial charge in [-0.25, -0.2) is 4.99 Å². The molecule has 1 amide bonds. The van der Waals surface area contributed by atoms with Crippen molar-refractivity contribution in [3.05, 3.63) is 0 Å². The average Bonchev–Trinajstić information content (AvgIpc) is 1.82. The lowest BCUT2D eigenvalue weighted by molar-refractivity contribution is -0.134. The van der Waals surface area contributed by atoms with Crippen LogP contribution in [0, 0.1) is 0 Å². The van der Waals surface area contributed by atoms with E-state index < -0.39 is 18.2 Å². The first-order valence-corrected chi connectivity index (χ1v) is 2.82. The molecule has 0 saturated heterocycles. The molecule has 0 bridgehead atoms. The van der Waals surface area contributed by atoms with Gasteiger partial charge < -0.3 is 15.5 Å². The molecule has 56 valence electrons. The highest BCUT2D eigenvalue weighted by molar-refractivity contribution is 6.00. The highest BCUT2D eigenvalue weighted by Gasteiger charge is 2.27. The Labute approximate surface area is 57.4 Å². The summed E-state index contributed by atoms with van der Waals surface area (Å²) in [6.07, 6.45) is -2.74. The van der Waals surface area contributed by atoms with Gasteiger partial charge in [-0.05, 0) is 6.92 Å². The van der Waals surface area contributed by atoms with E-state index >= 15 is 0 Å². The van der Waals surface area contributed by atoms with Crippen molar-refractivity contribution in [1.82, 2.24) is 5.32 Å². The normalized spacial score (nSPS) is 33.1. The fraction of sp³-hybridized carbons (Fsp3) is 0.600. The van der Waals surface area contributed by atoms with Crippen molar-refractivity contribution >= 4 is 11.7 Å². The Bertz CT molecular complexity index is 189. The fourth-order valence-electron chi connectivity index (χ4n) is 0.689. The molecule has 0 radical (unpaired) electrons. The minimum Gasteiger partial charge on any atom is -0.379 e. The average molecular weight is 144 g/mol. The molecule has 1 aliphatic rings. The topological polar surface area (TPSA) is 81.9 Å². The second-order valence-corrected chi connectivity index (χ2v) is 2.06. The predicted octanol–water partition coefficient (Wildman–Crippen LogP) is -1.79. The summed E-state index contributed by atoms with van der Waals surface area (Å²) in [4.78, 5) is 14.1. The summed E-state index contributed by atoms with van der Waals surface area (Å²) in [6, 6.07) is 0. The van der Waals surface area contributed by atoms with Crippen LogP contribution in [0.15, 0.2) is 4.99 Å².